The highest BCUT2D eigenvalue weighted by molar-refractivity contribution is 5.95. The lowest BCUT2D eigenvalue weighted by atomic mass is 9.95. The second-order valence-electron chi connectivity index (χ2n) is 7.58. The number of rotatable bonds is 3. The van der Waals surface area contributed by atoms with Crippen molar-refractivity contribution in [2.24, 2.45) is 11.7 Å². The second-order valence-corrected chi connectivity index (χ2v) is 7.58. The zero-order valence-electron chi connectivity index (χ0n) is 15.9. The fraction of sp³-hybridized carbons (Fsp3) is 0.304. The number of carbonyl (C=O) groups is 1. The highest BCUT2D eigenvalue weighted by Crippen LogP contribution is 2.34. The van der Waals surface area contributed by atoms with Crippen LogP contribution in [0, 0.1) is 19.8 Å². The first-order chi connectivity index (χ1) is 13.0. The summed E-state index contributed by atoms with van der Waals surface area (Å²) in [4.78, 5) is 18.8. The molecule has 1 fully saturated rings. The molecule has 2 aromatic carbocycles. The molecule has 1 saturated heterocycles. The molecule has 0 unspecified atom stereocenters. The van der Waals surface area contributed by atoms with E-state index in [0.717, 1.165) is 42.7 Å². The number of amides is 1. The molecule has 4 rings (SSSR count). The van der Waals surface area contributed by atoms with Gasteiger partial charge in [-0.2, -0.15) is 0 Å². The van der Waals surface area contributed by atoms with Crippen molar-refractivity contribution in [3.63, 3.8) is 0 Å². The van der Waals surface area contributed by atoms with Gasteiger partial charge in [0.2, 0.25) is 5.91 Å². The SMILES string of the molecule is Cc1ccc(-c2cc(N3CCC(C(N)=O)CC3)c3cc(C)ccc3n2)cc1. The maximum absolute atomic E-state index is 11.5. The lowest BCUT2D eigenvalue weighted by Crippen LogP contribution is -2.38. The number of nitrogens with zero attached hydrogens (tertiary/aromatic N) is 2. The highest BCUT2D eigenvalue weighted by atomic mass is 16.1. The predicted octanol–water partition coefficient (Wildman–Crippen LogP) is 4.22. The largest absolute Gasteiger partial charge is 0.371 e. The van der Waals surface area contributed by atoms with Crippen LogP contribution < -0.4 is 10.6 Å². The molecule has 0 radical (unpaired) electrons. The van der Waals surface area contributed by atoms with Gasteiger partial charge in [-0.1, -0.05) is 41.5 Å². The van der Waals surface area contributed by atoms with Gasteiger partial charge >= 0.3 is 0 Å². The average molecular weight is 359 g/mol. The number of nitrogens with two attached hydrogens (primary N) is 1. The van der Waals surface area contributed by atoms with Gasteiger partial charge in [-0.25, -0.2) is 4.98 Å². The molecule has 1 aliphatic heterocycles. The Labute approximate surface area is 160 Å². The van der Waals surface area contributed by atoms with E-state index in [1.54, 1.807) is 0 Å². The molecule has 0 bridgehead atoms. The van der Waals surface area contributed by atoms with Crippen LogP contribution in [0.15, 0.2) is 48.5 Å². The summed E-state index contributed by atoms with van der Waals surface area (Å²) in [6.45, 7) is 5.88. The van der Waals surface area contributed by atoms with Gasteiger partial charge in [0, 0.05) is 35.6 Å². The molecule has 0 aliphatic carbocycles. The second kappa shape index (κ2) is 7.03. The Hall–Kier alpha value is -2.88. The van der Waals surface area contributed by atoms with Crippen LogP contribution in [0.4, 0.5) is 5.69 Å². The van der Waals surface area contributed by atoms with Crippen molar-refractivity contribution in [1.29, 1.82) is 0 Å². The monoisotopic (exact) mass is 359 g/mol. The Morgan fingerprint density at radius 1 is 1.00 bits per heavy atom. The Bertz CT molecular complexity index is 986. The van der Waals surface area contributed by atoms with Gasteiger partial charge in [-0.15, -0.1) is 0 Å². The van der Waals surface area contributed by atoms with Crippen molar-refractivity contribution < 1.29 is 4.79 Å². The van der Waals surface area contributed by atoms with E-state index < -0.39 is 0 Å². The van der Waals surface area contributed by atoms with Crippen LogP contribution in [0.25, 0.3) is 22.2 Å². The summed E-state index contributed by atoms with van der Waals surface area (Å²) in [6.07, 6.45) is 1.62. The molecule has 1 aromatic heterocycles. The van der Waals surface area contributed by atoms with Crippen molar-refractivity contribution in [3.05, 3.63) is 59.7 Å². The van der Waals surface area contributed by atoms with E-state index in [9.17, 15) is 4.79 Å². The van der Waals surface area contributed by atoms with E-state index in [0.29, 0.717) is 0 Å². The molecule has 4 nitrogen and oxygen atoms in total. The summed E-state index contributed by atoms with van der Waals surface area (Å²) in [5.74, 6) is -0.182. The molecular weight excluding hydrogens is 334 g/mol. The fourth-order valence-corrected chi connectivity index (χ4v) is 3.86. The Kier molecular flexibility index (Phi) is 4.56. The van der Waals surface area contributed by atoms with Gasteiger partial charge in [-0.05, 0) is 44.9 Å². The zero-order chi connectivity index (χ0) is 19.0. The van der Waals surface area contributed by atoms with Crippen LogP contribution >= 0.6 is 0 Å². The van der Waals surface area contributed by atoms with Gasteiger partial charge in [0.15, 0.2) is 0 Å². The molecular formula is C23H25N3O. The average Bonchev–Trinajstić information content (AvgIpc) is 2.68. The van der Waals surface area contributed by atoms with Crippen LogP contribution in [0.5, 0.6) is 0 Å². The number of primary amides is 1. The number of pyridine rings is 1. The standard InChI is InChI=1S/C23H25N3O/c1-15-3-6-17(7-4-15)21-14-22(19-13-16(2)5-8-20(19)25-21)26-11-9-18(10-12-26)23(24)27/h3-8,13-14,18H,9-12H2,1-2H3,(H2,24,27). The van der Waals surface area contributed by atoms with E-state index in [-0.39, 0.29) is 11.8 Å². The molecule has 27 heavy (non-hydrogen) atoms. The third kappa shape index (κ3) is 3.52. The van der Waals surface area contributed by atoms with Crippen LogP contribution in [0.3, 0.4) is 0 Å². The lowest BCUT2D eigenvalue weighted by Gasteiger charge is -2.33. The van der Waals surface area contributed by atoms with Crippen LogP contribution in [0.1, 0.15) is 24.0 Å². The summed E-state index contributed by atoms with van der Waals surface area (Å²) in [6, 6.07) is 17.1. The molecule has 0 saturated carbocycles. The highest BCUT2D eigenvalue weighted by Gasteiger charge is 2.24. The molecule has 3 aromatic rings. The van der Waals surface area contributed by atoms with Crippen molar-refractivity contribution in [3.8, 4) is 11.3 Å². The van der Waals surface area contributed by atoms with Gasteiger partial charge in [0.1, 0.15) is 0 Å². The van der Waals surface area contributed by atoms with Gasteiger partial charge in [0.25, 0.3) is 0 Å². The smallest absolute Gasteiger partial charge is 0.220 e. The maximum Gasteiger partial charge on any atom is 0.220 e. The lowest BCUT2D eigenvalue weighted by molar-refractivity contribution is -0.122. The fourth-order valence-electron chi connectivity index (χ4n) is 3.86. The summed E-state index contributed by atoms with van der Waals surface area (Å²) in [5, 5.41) is 1.17. The predicted molar refractivity (Wildman–Crippen MR) is 111 cm³/mol. The minimum Gasteiger partial charge on any atom is -0.371 e. The quantitative estimate of drug-likeness (QED) is 0.762. The molecule has 1 aliphatic rings. The number of aryl methyl sites for hydroxylation is 2. The van der Waals surface area contributed by atoms with E-state index in [1.165, 1.54) is 22.2 Å². The molecule has 138 valence electrons. The van der Waals surface area contributed by atoms with E-state index in [1.807, 2.05) is 0 Å². The number of benzene rings is 2. The van der Waals surface area contributed by atoms with Gasteiger partial charge in [-0.3, -0.25) is 4.79 Å². The van der Waals surface area contributed by atoms with Crippen molar-refractivity contribution in [2.45, 2.75) is 26.7 Å². The first-order valence-electron chi connectivity index (χ1n) is 9.54. The zero-order valence-corrected chi connectivity index (χ0v) is 15.9. The van der Waals surface area contributed by atoms with Crippen molar-refractivity contribution in [2.75, 3.05) is 18.0 Å². The number of aromatic nitrogens is 1. The molecule has 0 spiro atoms. The third-order valence-corrected chi connectivity index (χ3v) is 5.53. The summed E-state index contributed by atoms with van der Waals surface area (Å²) >= 11 is 0. The summed E-state index contributed by atoms with van der Waals surface area (Å²) in [7, 11) is 0. The molecule has 2 N–H and O–H groups in total. The van der Waals surface area contributed by atoms with Crippen molar-refractivity contribution >= 4 is 22.5 Å². The number of fused-ring (bicyclic) bond motifs is 1. The van der Waals surface area contributed by atoms with E-state index >= 15 is 0 Å². The van der Waals surface area contributed by atoms with Crippen molar-refractivity contribution in [1.82, 2.24) is 4.98 Å². The molecule has 1 amide bonds. The Morgan fingerprint density at radius 3 is 2.33 bits per heavy atom. The minimum atomic E-state index is -0.176. The number of piperidine rings is 1. The number of hydrogen-bond donors (Lipinski definition) is 1. The number of carbonyl (C=O) groups excluding carboxylic acids is 1. The Morgan fingerprint density at radius 2 is 1.67 bits per heavy atom. The minimum absolute atomic E-state index is 0.00680. The normalized spacial score (nSPS) is 15.3. The number of hydrogen-bond acceptors (Lipinski definition) is 3. The molecule has 2 heterocycles. The first-order valence-corrected chi connectivity index (χ1v) is 9.54. The molecule has 0 atom stereocenters. The summed E-state index contributed by atoms with van der Waals surface area (Å²) in [5.41, 5.74) is 12.3. The topological polar surface area (TPSA) is 59.2 Å². The Balaban J connectivity index is 1.79. The molecule has 4 heteroatoms. The van der Waals surface area contributed by atoms with Crippen LogP contribution in [0.2, 0.25) is 0 Å². The van der Waals surface area contributed by atoms with E-state index in [2.05, 4.69) is 67.3 Å². The maximum atomic E-state index is 11.5. The number of anilines is 1. The van der Waals surface area contributed by atoms with Gasteiger partial charge in [0.05, 0.1) is 11.2 Å². The summed E-state index contributed by atoms with van der Waals surface area (Å²) < 4.78 is 0. The third-order valence-electron chi connectivity index (χ3n) is 5.53. The van der Waals surface area contributed by atoms with Gasteiger partial charge < -0.3 is 10.6 Å². The van der Waals surface area contributed by atoms with Crippen LogP contribution in [-0.2, 0) is 4.79 Å². The van der Waals surface area contributed by atoms with E-state index in [4.69, 9.17) is 10.7 Å². The van der Waals surface area contributed by atoms with Crippen LogP contribution in [-0.4, -0.2) is 24.0 Å². The first kappa shape index (κ1) is 17.5.